The molecule has 0 atom stereocenters. The monoisotopic (exact) mass is 270 g/mol. The predicted molar refractivity (Wildman–Crippen MR) is 61.7 cm³/mol. The molecule has 1 heterocycles. The zero-order valence-corrected chi connectivity index (χ0v) is 9.78. The lowest BCUT2D eigenvalue weighted by Crippen LogP contribution is -2.17. The molecule has 0 spiro atoms. The summed E-state index contributed by atoms with van der Waals surface area (Å²) in [5.41, 5.74) is 0.393. The molecule has 2 rings (SSSR count). The van der Waals surface area contributed by atoms with Gasteiger partial charge >= 0.3 is 6.36 Å². The second kappa shape index (κ2) is 4.75. The molecular weight excluding hydrogens is 261 g/mol. The second-order valence-electron chi connectivity index (χ2n) is 3.78. The number of aromatic amines is 1. The van der Waals surface area contributed by atoms with Crippen LogP contribution in [-0.2, 0) is 0 Å². The lowest BCUT2D eigenvalue weighted by Gasteiger charge is -2.09. The van der Waals surface area contributed by atoms with Crippen LogP contribution in [0, 0.1) is 6.92 Å². The standard InChI is InChI=1S/C12H9F3N2O2/c1-7-16-6-10(11(18)17-7)8-2-4-9(5-3-8)19-12(13,14)15/h2-6H,1H3,(H,16,17,18). The first-order chi connectivity index (χ1) is 8.85. The zero-order chi connectivity index (χ0) is 14.0. The summed E-state index contributed by atoms with van der Waals surface area (Å²) >= 11 is 0. The van der Waals surface area contributed by atoms with Gasteiger partial charge in [-0.2, -0.15) is 0 Å². The molecule has 0 radical (unpaired) electrons. The summed E-state index contributed by atoms with van der Waals surface area (Å²) in [6, 6.07) is 5.01. The van der Waals surface area contributed by atoms with Gasteiger partial charge in [-0.25, -0.2) is 4.98 Å². The van der Waals surface area contributed by atoms with Gasteiger partial charge in [-0.15, -0.1) is 13.2 Å². The molecule has 0 aliphatic carbocycles. The number of aryl methyl sites for hydroxylation is 1. The van der Waals surface area contributed by atoms with Crippen molar-refractivity contribution in [2.45, 2.75) is 13.3 Å². The van der Waals surface area contributed by atoms with E-state index < -0.39 is 6.36 Å². The molecule has 1 aromatic carbocycles. The Labute approximate surface area is 105 Å². The van der Waals surface area contributed by atoms with E-state index in [1.54, 1.807) is 6.92 Å². The third kappa shape index (κ3) is 3.34. The highest BCUT2D eigenvalue weighted by Gasteiger charge is 2.30. The van der Waals surface area contributed by atoms with Crippen LogP contribution in [0.1, 0.15) is 5.82 Å². The van der Waals surface area contributed by atoms with Gasteiger partial charge in [0.15, 0.2) is 0 Å². The number of hydrogen-bond acceptors (Lipinski definition) is 3. The van der Waals surface area contributed by atoms with Crippen LogP contribution in [0.25, 0.3) is 11.1 Å². The number of aromatic nitrogens is 2. The van der Waals surface area contributed by atoms with Gasteiger partial charge in [-0.05, 0) is 24.6 Å². The van der Waals surface area contributed by atoms with Crippen molar-refractivity contribution < 1.29 is 17.9 Å². The van der Waals surface area contributed by atoms with Crippen LogP contribution in [0.4, 0.5) is 13.2 Å². The molecule has 0 aliphatic rings. The number of hydrogen-bond donors (Lipinski definition) is 1. The Hall–Kier alpha value is -2.31. The normalized spacial score (nSPS) is 11.4. The molecule has 0 saturated heterocycles. The second-order valence-corrected chi connectivity index (χ2v) is 3.78. The maximum absolute atomic E-state index is 12.0. The first-order valence-electron chi connectivity index (χ1n) is 5.27. The van der Waals surface area contributed by atoms with Crippen LogP contribution < -0.4 is 10.3 Å². The minimum absolute atomic E-state index is 0.282. The van der Waals surface area contributed by atoms with Crippen LogP contribution >= 0.6 is 0 Å². The van der Waals surface area contributed by atoms with E-state index >= 15 is 0 Å². The van der Waals surface area contributed by atoms with Crippen LogP contribution in [0.5, 0.6) is 5.75 Å². The summed E-state index contributed by atoms with van der Waals surface area (Å²) < 4.78 is 39.7. The molecule has 2 aromatic rings. The number of benzene rings is 1. The summed E-state index contributed by atoms with van der Waals surface area (Å²) in [5, 5.41) is 0. The van der Waals surface area contributed by atoms with Crippen LogP contribution in [0.3, 0.4) is 0 Å². The summed E-state index contributed by atoms with van der Waals surface area (Å²) in [6.45, 7) is 1.63. The van der Waals surface area contributed by atoms with Crippen molar-refractivity contribution in [1.29, 1.82) is 0 Å². The molecule has 7 heteroatoms. The molecule has 4 nitrogen and oxygen atoms in total. The van der Waals surface area contributed by atoms with Crippen molar-refractivity contribution in [2.75, 3.05) is 0 Å². The average Bonchev–Trinajstić information content (AvgIpc) is 2.28. The minimum Gasteiger partial charge on any atom is -0.406 e. The smallest absolute Gasteiger partial charge is 0.406 e. The van der Waals surface area contributed by atoms with E-state index in [4.69, 9.17) is 0 Å². The number of H-pyrrole nitrogens is 1. The van der Waals surface area contributed by atoms with E-state index in [2.05, 4.69) is 14.7 Å². The Morgan fingerprint density at radius 2 is 1.84 bits per heavy atom. The lowest BCUT2D eigenvalue weighted by atomic mass is 10.1. The third-order valence-electron chi connectivity index (χ3n) is 2.33. The van der Waals surface area contributed by atoms with Gasteiger partial charge in [0.1, 0.15) is 11.6 Å². The van der Waals surface area contributed by atoms with Crippen molar-refractivity contribution in [3.8, 4) is 16.9 Å². The van der Waals surface area contributed by atoms with Crippen molar-refractivity contribution in [3.63, 3.8) is 0 Å². The zero-order valence-electron chi connectivity index (χ0n) is 9.78. The molecule has 0 amide bonds. The van der Waals surface area contributed by atoms with E-state index in [-0.39, 0.29) is 16.9 Å². The fourth-order valence-electron chi connectivity index (χ4n) is 1.53. The maximum Gasteiger partial charge on any atom is 0.573 e. The van der Waals surface area contributed by atoms with Crippen molar-refractivity contribution in [1.82, 2.24) is 9.97 Å². The fourth-order valence-corrected chi connectivity index (χ4v) is 1.53. The van der Waals surface area contributed by atoms with Gasteiger partial charge in [0.25, 0.3) is 5.56 Å². The van der Waals surface area contributed by atoms with E-state index in [0.717, 1.165) is 12.1 Å². The largest absolute Gasteiger partial charge is 0.573 e. The number of alkyl halides is 3. The Bertz CT molecular complexity index is 633. The van der Waals surface area contributed by atoms with Gasteiger partial charge in [0.05, 0.1) is 5.56 Å². The molecule has 19 heavy (non-hydrogen) atoms. The number of halogens is 3. The van der Waals surface area contributed by atoms with Gasteiger partial charge in [-0.3, -0.25) is 4.79 Å². The number of ether oxygens (including phenoxy) is 1. The Morgan fingerprint density at radius 3 is 2.37 bits per heavy atom. The molecule has 0 unspecified atom stereocenters. The SMILES string of the molecule is Cc1ncc(-c2ccc(OC(F)(F)F)cc2)c(=O)[nH]1. The van der Waals surface area contributed by atoms with Gasteiger partial charge in [0.2, 0.25) is 0 Å². The summed E-state index contributed by atoms with van der Waals surface area (Å²) in [5.74, 6) is 0.124. The van der Waals surface area contributed by atoms with E-state index in [1.807, 2.05) is 0 Å². The van der Waals surface area contributed by atoms with Gasteiger partial charge in [0, 0.05) is 6.20 Å². The third-order valence-corrected chi connectivity index (χ3v) is 2.33. The maximum atomic E-state index is 12.0. The molecule has 0 fully saturated rings. The molecule has 100 valence electrons. The first kappa shape index (κ1) is 13.1. The summed E-state index contributed by atoms with van der Waals surface area (Å²) in [7, 11) is 0. The summed E-state index contributed by atoms with van der Waals surface area (Å²) in [4.78, 5) is 18.1. The minimum atomic E-state index is -4.73. The fraction of sp³-hybridized carbons (Fsp3) is 0.167. The first-order valence-corrected chi connectivity index (χ1v) is 5.27. The van der Waals surface area contributed by atoms with Gasteiger partial charge < -0.3 is 9.72 Å². The van der Waals surface area contributed by atoms with Gasteiger partial charge in [-0.1, -0.05) is 12.1 Å². The Balaban J connectivity index is 2.30. The van der Waals surface area contributed by atoms with Crippen molar-refractivity contribution in [2.24, 2.45) is 0 Å². The molecular formula is C12H9F3N2O2. The number of rotatable bonds is 2. The molecule has 1 aromatic heterocycles. The predicted octanol–water partition coefficient (Wildman–Crippen LogP) is 2.64. The highest BCUT2D eigenvalue weighted by Crippen LogP contribution is 2.24. The van der Waals surface area contributed by atoms with Crippen LogP contribution in [-0.4, -0.2) is 16.3 Å². The number of nitrogens with zero attached hydrogens (tertiary/aromatic N) is 1. The van der Waals surface area contributed by atoms with E-state index in [9.17, 15) is 18.0 Å². The highest BCUT2D eigenvalue weighted by molar-refractivity contribution is 5.62. The molecule has 1 N–H and O–H groups in total. The topological polar surface area (TPSA) is 55.0 Å². The van der Waals surface area contributed by atoms with Crippen LogP contribution in [0.2, 0.25) is 0 Å². The van der Waals surface area contributed by atoms with Crippen molar-refractivity contribution >= 4 is 0 Å². The summed E-state index contributed by atoms with van der Waals surface area (Å²) in [6.07, 6.45) is -3.36. The van der Waals surface area contributed by atoms with E-state index in [0.29, 0.717) is 11.4 Å². The van der Waals surface area contributed by atoms with E-state index in [1.165, 1.54) is 18.3 Å². The molecule has 0 saturated carbocycles. The number of nitrogens with one attached hydrogen (secondary N) is 1. The van der Waals surface area contributed by atoms with Crippen molar-refractivity contribution in [3.05, 3.63) is 46.6 Å². The Morgan fingerprint density at radius 1 is 1.21 bits per heavy atom. The van der Waals surface area contributed by atoms with Crippen LogP contribution in [0.15, 0.2) is 35.3 Å². The average molecular weight is 270 g/mol. The quantitative estimate of drug-likeness (QED) is 0.912. The molecule has 0 aliphatic heterocycles. The molecule has 0 bridgehead atoms. The lowest BCUT2D eigenvalue weighted by molar-refractivity contribution is -0.274. The Kier molecular flexibility index (Phi) is 3.28. The highest BCUT2D eigenvalue weighted by atomic mass is 19.4.